The first-order valence-electron chi connectivity index (χ1n) is 4.83. The van der Waals surface area contributed by atoms with Crippen LogP contribution in [-0.4, -0.2) is 5.11 Å². The third-order valence-corrected chi connectivity index (χ3v) is 2.31. The number of hydrogen-bond acceptors (Lipinski definition) is 2. The van der Waals surface area contributed by atoms with E-state index in [4.69, 9.17) is 4.42 Å². The monoisotopic (exact) mass is 224 g/mol. The highest BCUT2D eigenvalue weighted by Gasteiger charge is 2.18. The lowest BCUT2D eigenvalue weighted by molar-refractivity contribution is 0.161. The van der Waals surface area contributed by atoms with E-state index >= 15 is 0 Å². The Balaban J connectivity index is 2.24. The first kappa shape index (κ1) is 10.8. The molecule has 0 amide bonds. The maximum Gasteiger partial charge on any atom is 0.131 e. The van der Waals surface area contributed by atoms with Gasteiger partial charge in [0.05, 0.1) is 17.9 Å². The summed E-state index contributed by atoms with van der Waals surface area (Å²) < 4.78 is 31.6. The molecule has 0 bridgehead atoms. The fourth-order valence-electron chi connectivity index (χ4n) is 1.55. The molecule has 0 aliphatic carbocycles. The van der Waals surface area contributed by atoms with Crippen LogP contribution in [0.25, 0.3) is 0 Å². The van der Waals surface area contributed by atoms with Crippen molar-refractivity contribution in [2.45, 2.75) is 12.5 Å². The van der Waals surface area contributed by atoms with Crippen molar-refractivity contribution in [1.82, 2.24) is 0 Å². The third kappa shape index (κ3) is 2.12. The molecule has 0 saturated carbocycles. The summed E-state index contributed by atoms with van der Waals surface area (Å²) in [7, 11) is 0. The topological polar surface area (TPSA) is 33.4 Å². The van der Waals surface area contributed by atoms with Crippen LogP contribution in [0.3, 0.4) is 0 Å². The zero-order valence-corrected chi connectivity index (χ0v) is 8.36. The zero-order valence-electron chi connectivity index (χ0n) is 8.36. The molecule has 4 heteroatoms. The molecule has 2 nitrogen and oxygen atoms in total. The zero-order chi connectivity index (χ0) is 11.5. The molecule has 1 aromatic heterocycles. The van der Waals surface area contributed by atoms with E-state index in [1.54, 1.807) is 12.1 Å². The lowest BCUT2D eigenvalue weighted by Gasteiger charge is -2.11. The molecule has 1 heterocycles. The van der Waals surface area contributed by atoms with Crippen LogP contribution in [0.2, 0.25) is 0 Å². The van der Waals surface area contributed by atoms with E-state index in [2.05, 4.69) is 0 Å². The van der Waals surface area contributed by atoms with E-state index in [1.165, 1.54) is 12.3 Å². The van der Waals surface area contributed by atoms with E-state index in [9.17, 15) is 13.9 Å². The van der Waals surface area contributed by atoms with Gasteiger partial charge in [-0.25, -0.2) is 8.78 Å². The lowest BCUT2D eigenvalue weighted by Crippen LogP contribution is -2.06. The summed E-state index contributed by atoms with van der Waals surface area (Å²) in [5.41, 5.74) is -0.320. The summed E-state index contributed by atoms with van der Waals surface area (Å²) in [5, 5.41) is 9.71. The highest BCUT2D eigenvalue weighted by molar-refractivity contribution is 5.23. The Morgan fingerprint density at radius 2 is 1.81 bits per heavy atom. The minimum Gasteiger partial charge on any atom is -0.469 e. The quantitative estimate of drug-likeness (QED) is 0.869. The van der Waals surface area contributed by atoms with Gasteiger partial charge < -0.3 is 9.52 Å². The Hall–Kier alpha value is -1.68. The predicted octanol–water partition coefficient (Wildman–Crippen LogP) is 2.83. The van der Waals surface area contributed by atoms with Crippen LogP contribution in [0.5, 0.6) is 0 Å². The van der Waals surface area contributed by atoms with Crippen LogP contribution in [0, 0.1) is 11.6 Å². The second-order valence-corrected chi connectivity index (χ2v) is 3.43. The molecule has 1 N–H and O–H groups in total. The van der Waals surface area contributed by atoms with Crippen molar-refractivity contribution in [2.24, 2.45) is 0 Å². The molecule has 1 unspecified atom stereocenters. The van der Waals surface area contributed by atoms with Crippen LogP contribution >= 0.6 is 0 Å². The van der Waals surface area contributed by atoms with E-state index in [-0.39, 0.29) is 12.0 Å². The second-order valence-electron chi connectivity index (χ2n) is 3.43. The highest BCUT2D eigenvalue weighted by atomic mass is 19.1. The van der Waals surface area contributed by atoms with Crippen molar-refractivity contribution in [3.8, 4) is 0 Å². The summed E-state index contributed by atoms with van der Waals surface area (Å²) in [6.45, 7) is 0. The SMILES string of the molecule is OC(Cc1ccco1)c1c(F)cccc1F. The van der Waals surface area contributed by atoms with Gasteiger partial charge in [-0.3, -0.25) is 0 Å². The highest BCUT2D eigenvalue weighted by Crippen LogP contribution is 2.23. The second kappa shape index (κ2) is 4.45. The van der Waals surface area contributed by atoms with Crippen molar-refractivity contribution in [1.29, 1.82) is 0 Å². The molecule has 0 radical (unpaired) electrons. The molecule has 1 atom stereocenters. The Kier molecular flexibility index (Phi) is 3.01. The Morgan fingerprint density at radius 1 is 1.12 bits per heavy atom. The summed E-state index contributed by atoms with van der Waals surface area (Å²) in [6.07, 6.45) is 0.247. The molecule has 0 fully saturated rings. The average Bonchev–Trinajstić information content (AvgIpc) is 2.70. The largest absolute Gasteiger partial charge is 0.469 e. The van der Waals surface area contributed by atoms with Gasteiger partial charge in [0.1, 0.15) is 17.4 Å². The number of aliphatic hydroxyl groups excluding tert-OH is 1. The number of aliphatic hydroxyl groups is 1. The minimum absolute atomic E-state index is 0.0465. The van der Waals surface area contributed by atoms with Crippen LogP contribution in [-0.2, 0) is 6.42 Å². The predicted molar refractivity (Wildman–Crippen MR) is 53.7 cm³/mol. The molecule has 84 valence electrons. The first-order chi connectivity index (χ1) is 7.68. The molecule has 0 aliphatic rings. The smallest absolute Gasteiger partial charge is 0.131 e. The van der Waals surface area contributed by atoms with Crippen molar-refractivity contribution < 1.29 is 18.3 Å². The number of rotatable bonds is 3. The molecule has 0 spiro atoms. The van der Waals surface area contributed by atoms with E-state index in [0.717, 1.165) is 12.1 Å². The van der Waals surface area contributed by atoms with Crippen LogP contribution in [0.1, 0.15) is 17.4 Å². The molecule has 16 heavy (non-hydrogen) atoms. The molecule has 2 rings (SSSR count). The third-order valence-electron chi connectivity index (χ3n) is 2.31. The maximum absolute atomic E-state index is 13.3. The molecule has 0 saturated heterocycles. The number of benzene rings is 1. The van der Waals surface area contributed by atoms with Crippen molar-refractivity contribution in [3.63, 3.8) is 0 Å². The fourth-order valence-corrected chi connectivity index (χ4v) is 1.55. The Bertz CT molecular complexity index is 446. The molecular formula is C12H10F2O2. The summed E-state index contributed by atoms with van der Waals surface area (Å²) in [5.74, 6) is -1.02. The standard InChI is InChI=1S/C12H10F2O2/c13-9-4-1-5-10(14)12(9)11(15)7-8-3-2-6-16-8/h1-6,11,15H,7H2. The van der Waals surface area contributed by atoms with Gasteiger partial charge in [0.15, 0.2) is 0 Å². The maximum atomic E-state index is 13.3. The van der Waals surface area contributed by atoms with Gasteiger partial charge in [0.25, 0.3) is 0 Å². The summed E-state index contributed by atoms with van der Waals surface area (Å²) in [4.78, 5) is 0. The van der Waals surface area contributed by atoms with E-state index in [0.29, 0.717) is 5.76 Å². The molecular weight excluding hydrogens is 214 g/mol. The average molecular weight is 224 g/mol. The van der Waals surface area contributed by atoms with Gasteiger partial charge in [-0.15, -0.1) is 0 Å². The van der Waals surface area contributed by atoms with Crippen molar-refractivity contribution in [3.05, 3.63) is 59.6 Å². The molecule has 2 aromatic rings. The molecule has 0 aliphatic heterocycles. The van der Waals surface area contributed by atoms with Gasteiger partial charge in [-0.2, -0.15) is 0 Å². The van der Waals surface area contributed by atoms with Gasteiger partial charge in [0, 0.05) is 6.42 Å². The lowest BCUT2D eigenvalue weighted by atomic mass is 10.0. The van der Waals surface area contributed by atoms with Crippen LogP contribution in [0.4, 0.5) is 8.78 Å². The summed E-state index contributed by atoms with van der Waals surface area (Å²) >= 11 is 0. The fraction of sp³-hybridized carbons (Fsp3) is 0.167. The van der Waals surface area contributed by atoms with Crippen LogP contribution < -0.4 is 0 Å². The van der Waals surface area contributed by atoms with Crippen molar-refractivity contribution in [2.75, 3.05) is 0 Å². The number of hydrogen-bond donors (Lipinski definition) is 1. The van der Waals surface area contributed by atoms with Gasteiger partial charge in [-0.1, -0.05) is 6.07 Å². The van der Waals surface area contributed by atoms with Gasteiger partial charge in [0.2, 0.25) is 0 Å². The Morgan fingerprint density at radius 3 is 2.38 bits per heavy atom. The number of furan rings is 1. The normalized spacial score (nSPS) is 12.7. The van der Waals surface area contributed by atoms with Gasteiger partial charge >= 0.3 is 0 Å². The molecule has 1 aromatic carbocycles. The minimum atomic E-state index is -1.24. The summed E-state index contributed by atoms with van der Waals surface area (Å²) in [6, 6.07) is 6.78. The Labute approximate surface area is 91.1 Å². The van der Waals surface area contributed by atoms with E-state index < -0.39 is 17.7 Å². The van der Waals surface area contributed by atoms with Gasteiger partial charge in [-0.05, 0) is 24.3 Å². The number of halogens is 2. The van der Waals surface area contributed by atoms with Crippen LogP contribution in [0.15, 0.2) is 41.0 Å². The van der Waals surface area contributed by atoms with Crippen molar-refractivity contribution >= 4 is 0 Å². The first-order valence-corrected chi connectivity index (χ1v) is 4.83. The van der Waals surface area contributed by atoms with E-state index in [1.807, 2.05) is 0 Å².